The summed E-state index contributed by atoms with van der Waals surface area (Å²) in [6, 6.07) is 8.02. The van der Waals surface area contributed by atoms with Crippen LogP contribution < -0.4 is 5.32 Å². The summed E-state index contributed by atoms with van der Waals surface area (Å²) in [6.45, 7) is 3.55. The molecule has 0 fully saturated rings. The largest absolute Gasteiger partial charge is 0.351 e. The number of carbonyl (C=O) groups excluding carboxylic acids is 1. The van der Waals surface area contributed by atoms with E-state index in [1.54, 1.807) is 0 Å². The van der Waals surface area contributed by atoms with Crippen molar-refractivity contribution in [1.29, 1.82) is 0 Å². The summed E-state index contributed by atoms with van der Waals surface area (Å²) in [5.41, 5.74) is 3.69. The van der Waals surface area contributed by atoms with Crippen LogP contribution in [0, 0.1) is 6.92 Å². The Bertz CT molecular complexity index is 851. The lowest BCUT2D eigenvalue weighted by molar-refractivity contribution is 0.0946. The van der Waals surface area contributed by atoms with Gasteiger partial charge in [0.05, 0.1) is 12.2 Å². The van der Waals surface area contributed by atoms with Gasteiger partial charge < -0.3 is 14.9 Å². The lowest BCUT2D eigenvalue weighted by Gasteiger charge is -2.11. The maximum Gasteiger partial charge on any atom is 0.268 e. The first-order chi connectivity index (χ1) is 11.2. The van der Waals surface area contributed by atoms with E-state index in [1.807, 2.05) is 25.1 Å². The Morgan fingerprint density at radius 3 is 3.13 bits per heavy atom. The zero-order valence-electron chi connectivity index (χ0n) is 13.2. The molecule has 0 unspecified atom stereocenters. The molecule has 0 saturated heterocycles. The average Bonchev–Trinajstić information content (AvgIpc) is 3.15. The molecule has 1 aromatic carbocycles. The molecule has 5 heteroatoms. The van der Waals surface area contributed by atoms with Gasteiger partial charge in [-0.15, -0.1) is 0 Å². The summed E-state index contributed by atoms with van der Waals surface area (Å²) >= 11 is 0. The first-order valence-corrected chi connectivity index (χ1v) is 8.11. The summed E-state index contributed by atoms with van der Waals surface area (Å²) in [4.78, 5) is 20.1. The van der Waals surface area contributed by atoms with Gasteiger partial charge in [0.15, 0.2) is 0 Å². The number of aryl methyl sites for hydroxylation is 3. The van der Waals surface area contributed by atoms with Crippen LogP contribution >= 0.6 is 0 Å². The van der Waals surface area contributed by atoms with Gasteiger partial charge >= 0.3 is 0 Å². The Labute approximate surface area is 134 Å². The first-order valence-electron chi connectivity index (χ1n) is 8.11. The van der Waals surface area contributed by atoms with E-state index in [1.165, 1.54) is 18.4 Å². The highest BCUT2D eigenvalue weighted by molar-refractivity contribution is 5.98. The third kappa shape index (κ3) is 2.74. The highest BCUT2D eigenvalue weighted by Gasteiger charge is 2.14. The zero-order chi connectivity index (χ0) is 15.8. The topological polar surface area (TPSA) is 62.7 Å². The number of hydrogen-bond acceptors (Lipinski definition) is 2. The van der Waals surface area contributed by atoms with Crippen molar-refractivity contribution in [2.75, 3.05) is 0 Å². The van der Waals surface area contributed by atoms with E-state index in [9.17, 15) is 4.79 Å². The number of rotatable bonds is 3. The van der Waals surface area contributed by atoms with E-state index >= 15 is 0 Å². The quantitative estimate of drug-likeness (QED) is 0.781. The summed E-state index contributed by atoms with van der Waals surface area (Å²) in [6.07, 6.45) is 5.51. The van der Waals surface area contributed by atoms with Gasteiger partial charge in [0.2, 0.25) is 0 Å². The van der Waals surface area contributed by atoms with E-state index in [2.05, 4.69) is 32.1 Å². The van der Waals surface area contributed by atoms with Crippen LogP contribution in [0.5, 0.6) is 0 Å². The van der Waals surface area contributed by atoms with Crippen LogP contribution in [0.1, 0.15) is 40.4 Å². The standard InChI is InChI=1S/C18H20N4O/c1-12-5-6-13-9-16(21-15(13)8-12)18(23)19-10-14-11-22-7-3-2-4-17(22)20-14/h5-6,8-9,11,21H,2-4,7,10H2,1H3,(H,19,23). The molecule has 0 radical (unpaired) electrons. The fourth-order valence-electron chi connectivity index (χ4n) is 3.19. The second-order valence-electron chi connectivity index (χ2n) is 6.26. The van der Waals surface area contributed by atoms with Crippen molar-refractivity contribution in [3.63, 3.8) is 0 Å². The number of H-pyrrole nitrogens is 1. The van der Waals surface area contributed by atoms with Gasteiger partial charge in [-0.25, -0.2) is 4.98 Å². The molecule has 0 saturated carbocycles. The molecular weight excluding hydrogens is 288 g/mol. The molecule has 0 atom stereocenters. The van der Waals surface area contributed by atoms with Crippen molar-refractivity contribution >= 4 is 16.8 Å². The Kier molecular flexibility index (Phi) is 3.41. The number of hydrogen-bond donors (Lipinski definition) is 2. The minimum atomic E-state index is -0.0928. The number of aromatic nitrogens is 3. The number of nitrogens with zero attached hydrogens (tertiary/aromatic N) is 2. The maximum absolute atomic E-state index is 12.3. The van der Waals surface area contributed by atoms with Crippen LogP contribution in [-0.2, 0) is 19.5 Å². The van der Waals surface area contributed by atoms with Gasteiger partial charge in [-0.1, -0.05) is 12.1 Å². The molecule has 2 N–H and O–H groups in total. The number of fused-ring (bicyclic) bond motifs is 2. The zero-order valence-corrected chi connectivity index (χ0v) is 13.2. The molecular formula is C18H20N4O. The Morgan fingerprint density at radius 2 is 2.26 bits per heavy atom. The third-order valence-corrected chi connectivity index (χ3v) is 4.41. The number of benzene rings is 1. The first kappa shape index (κ1) is 14.1. The smallest absolute Gasteiger partial charge is 0.268 e. The van der Waals surface area contributed by atoms with Gasteiger partial charge in [-0.2, -0.15) is 0 Å². The predicted octanol–water partition coefficient (Wildman–Crippen LogP) is 2.94. The molecule has 118 valence electrons. The van der Waals surface area contributed by atoms with Crippen LogP contribution in [0.25, 0.3) is 10.9 Å². The van der Waals surface area contributed by atoms with E-state index in [0.717, 1.165) is 35.4 Å². The van der Waals surface area contributed by atoms with Crippen molar-refractivity contribution in [3.8, 4) is 0 Å². The Morgan fingerprint density at radius 1 is 1.35 bits per heavy atom. The highest BCUT2D eigenvalue weighted by Crippen LogP contribution is 2.17. The van der Waals surface area contributed by atoms with E-state index in [4.69, 9.17) is 0 Å². The molecule has 0 aliphatic carbocycles. The van der Waals surface area contributed by atoms with Crippen molar-refractivity contribution in [2.45, 2.75) is 39.3 Å². The van der Waals surface area contributed by atoms with E-state index < -0.39 is 0 Å². The van der Waals surface area contributed by atoms with Gasteiger partial charge in [-0.05, 0) is 37.5 Å². The highest BCUT2D eigenvalue weighted by atomic mass is 16.1. The molecule has 3 aromatic rings. The molecule has 4 rings (SSSR count). The lowest BCUT2D eigenvalue weighted by atomic mass is 10.2. The van der Waals surface area contributed by atoms with Gasteiger partial charge in [0.1, 0.15) is 11.5 Å². The number of aromatic amines is 1. The van der Waals surface area contributed by atoms with Crippen molar-refractivity contribution in [2.24, 2.45) is 0 Å². The minimum absolute atomic E-state index is 0.0928. The van der Waals surface area contributed by atoms with Gasteiger partial charge in [0.25, 0.3) is 5.91 Å². The van der Waals surface area contributed by atoms with Crippen LogP contribution in [-0.4, -0.2) is 20.4 Å². The van der Waals surface area contributed by atoms with Crippen molar-refractivity contribution < 1.29 is 4.79 Å². The van der Waals surface area contributed by atoms with Gasteiger partial charge in [-0.3, -0.25) is 4.79 Å². The van der Waals surface area contributed by atoms with Crippen LogP contribution in [0.3, 0.4) is 0 Å². The molecule has 1 amide bonds. The number of imidazole rings is 1. The second-order valence-corrected chi connectivity index (χ2v) is 6.26. The molecule has 0 spiro atoms. The molecule has 1 aliphatic rings. The van der Waals surface area contributed by atoms with Crippen LogP contribution in [0.15, 0.2) is 30.5 Å². The summed E-state index contributed by atoms with van der Waals surface area (Å²) in [5.74, 6) is 1.05. The Balaban J connectivity index is 1.47. The van der Waals surface area contributed by atoms with E-state index in [-0.39, 0.29) is 5.91 Å². The SMILES string of the molecule is Cc1ccc2cc(C(=O)NCc3cn4c(n3)CCCC4)[nH]c2c1. The van der Waals surface area contributed by atoms with Crippen LogP contribution in [0.2, 0.25) is 0 Å². The van der Waals surface area contributed by atoms with Gasteiger partial charge in [0, 0.05) is 30.1 Å². The van der Waals surface area contributed by atoms with Crippen LogP contribution in [0.4, 0.5) is 0 Å². The summed E-state index contributed by atoms with van der Waals surface area (Å²) in [5, 5.41) is 4.01. The fraction of sp³-hybridized carbons (Fsp3) is 0.333. The molecule has 5 nitrogen and oxygen atoms in total. The van der Waals surface area contributed by atoms with E-state index in [0.29, 0.717) is 12.2 Å². The number of nitrogens with one attached hydrogen (secondary N) is 2. The molecule has 0 bridgehead atoms. The fourth-order valence-corrected chi connectivity index (χ4v) is 3.19. The lowest BCUT2D eigenvalue weighted by Crippen LogP contribution is -2.23. The molecule has 2 aromatic heterocycles. The van der Waals surface area contributed by atoms with Crippen molar-refractivity contribution in [1.82, 2.24) is 19.9 Å². The maximum atomic E-state index is 12.3. The van der Waals surface area contributed by atoms with Crippen molar-refractivity contribution in [3.05, 3.63) is 53.2 Å². The Hall–Kier alpha value is -2.56. The summed E-state index contributed by atoms with van der Waals surface area (Å²) < 4.78 is 2.21. The molecule has 23 heavy (non-hydrogen) atoms. The third-order valence-electron chi connectivity index (χ3n) is 4.41. The number of carbonyl (C=O) groups is 1. The summed E-state index contributed by atoms with van der Waals surface area (Å²) in [7, 11) is 0. The normalized spacial score (nSPS) is 14.0. The molecule has 3 heterocycles. The predicted molar refractivity (Wildman–Crippen MR) is 89.4 cm³/mol. The minimum Gasteiger partial charge on any atom is -0.351 e. The second kappa shape index (κ2) is 5.57. The number of amides is 1. The molecule has 1 aliphatic heterocycles. The monoisotopic (exact) mass is 308 g/mol. The average molecular weight is 308 g/mol.